The highest BCUT2D eigenvalue weighted by molar-refractivity contribution is 6.08. The molecule has 1 N–H and O–H groups in total. The van der Waals surface area contributed by atoms with Gasteiger partial charge in [0.2, 0.25) is 0 Å². The van der Waals surface area contributed by atoms with Gasteiger partial charge < -0.3 is 14.8 Å². The number of carbonyl (C=O) groups is 2. The van der Waals surface area contributed by atoms with E-state index < -0.39 is 5.97 Å². The van der Waals surface area contributed by atoms with E-state index in [1.54, 1.807) is 38.3 Å². The lowest BCUT2D eigenvalue weighted by Crippen LogP contribution is -2.10. The molecule has 0 radical (unpaired) electrons. The number of carbonyl (C=O) groups excluding carboxylic acids is 2. The third-order valence-electron chi connectivity index (χ3n) is 4.14. The number of Topliss-reactive ketones (excluding diaryl/α,β-unsaturated/α-hetero) is 1. The Hall–Kier alpha value is -3.12. The predicted molar refractivity (Wildman–Crippen MR) is 111 cm³/mol. The fourth-order valence-electron chi connectivity index (χ4n) is 2.89. The van der Waals surface area contributed by atoms with Crippen molar-refractivity contribution in [3.05, 3.63) is 59.8 Å². The summed E-state index contributed by atoms with van der Waals surface area (Å²) in [6, 6.07) is 12.6. The van der Waals surface area contributed by atoms with E-state index in [9.17, 15) is 9.59 Å². The molecule has 28 heavy (non-hydrogen) atoms. The number of pyridine rings is 1. The van der Waals surface area contributed by atoms with Gasteiger partial charge in [0.1, 0.15) is 16.8 Å². The maximum Gasteiger partial charge on any atom is 0.341 e. The molecule has 1 heterocycles. The quantitative estimate of drug-likeness (QED) is 0.473. The number of para-hydroxylation sites is 2. The highest BCUT2D eigenvalue weighted by Gasteiger charge is 2.19. The zero-order chi connectivity index (χ0) is 19.4. The van der Waals surface area contributed by atoms with Gasteiger partial charge in [-0.3, -0.25) is 9.78 Å². The van der Waals surface area contributed by atoms with Crippen LogP contribution < -0.4 is 10.1 Å². The Morgan fingerprint density at radius 1 is 1.07 bits per heavy atom. The lowest BCUT2D eigenvalue weighted by molar-refractivity contribution is 0.0527. The van der Waals surface area contributed by atoms with Crippen LogP contribution in [0, 0.1) is 0 Å². The van der Waals surface area contributed by atoms with Gasteiger partial charge in [-0.15, -0.1) is 12.4 Å². The Labute approximate surface area is 169 Å². The van der Waals surface area contributed by atoms with Gasteiger partial charge in [0.25, 0.3) is 0 Å². The number of rotatable bonds is 6. The molecule has 0 atom stereocenters. The van der Waals surface area contributed by atoms with Crippen LogP contribution in [-0.4, -0.2) is 30.5 Å². The van der Waals surface area contributed by atoms with Gasteiger partial charge in [-0.25, -0.2) is 4.79 Å². The highest BCUT2D eigenvalue weighted by atomic mass is 35.5. The Kier molecular flexibility index (Phi) is 6.95. The van der Waals surface area contributed by atoms with Crippen LogP contribution in [0.5, 0.6) is 5.75 Å². The van der Waals surface area contributed by atoms with Crippen molar-refractivity contribution < 1.29 is 19.1 Å². The SMILES string of the molecule is CCOC(=O)c1cnc2c(OC)cccc2c1Nc1ccccc1C(C)=O.Cl. The first kappa shape index (κ1) is 21.2. The molecule has 0 bridgehead atoms. The normalized spacial score (nSPS) is 10.1. The largest absolute Gasteiger partial charge is 0.494 e. The number of nitrogens with zero attached hydrogens (tertiary/aromatic N) is 1. The van der Waals surface area contributed by atoms with E-state index in [-0.39, 0.29) is 30.4 Å². The van der Waals surface area contributed by atoms with E-state index in [0.29, 0.717) is 33.6 Å². The molecule has 0 spiro atoms. The molecule has 3 aromatic rings. The first-order valence-corrected chi connectivity index (χ1v) is 8.56. The topological polar surface area (TPSA) is 77.5 Å². The van der Waals surface area contributed by atoms with Gasteiger partial charge in [0.05, 0.1) is 19.4 Å². The van der Waals surface area contributed by atoms with Crippen LogP contribution in [0.25, 0.3) is 10.9 Å². The zero-order valence-corrected chi connectivity index (χ0v) is 16.6. The summed E-state index contributed by atoms with van der Waals surface area (Å²) in [5.41, 5.74) is 2.55. The molecule has 0 aliphatic carbocycles. The monoisotopic (exact) mass is 400 g/mol. The second kappa shape index (κ2) is 9.19. The number of hydrogen-bond donors (Lipinski definition) is 1. The molecule has 6 nitrogen and oxygen atoms in total. The summed E-state index contributed by atoms with van der Waals surface area (Å²) in [6.45, 7) is 3.49. The summed E-state index contributed by atoms with van der Waals surface area (Å²) in [7, 11) is 1.56. The van der Waals surface area contributed by atoms with Crippen LogP contribution in [0.4, 0.5) is 11.4 Å². The lowest BCUT2D eigenvalue weighted by Gasteiger charge is -2.16. The average Bonchev–Trinajstić information content (AvgIpc) is 2.68. The fraction of sp³-hybridized carbons (Fsp3) is 0.190. The molecule has 0 aliphatic rings. The minimum absolute atomic E-state index is 0. The van der Waals surface area contributed by atoms with Crippen molar-refractivity contribution in [3.63, 3.8) is 0 Å². The molecule has 7 heteroatoms. The molecule has 0 saturated carbocycles. The first-order chi connectivity index (χ1) is 13.1. The van der Waals surface area contributed by atoms with Crippen molar-refractivity contribution >= 4 is 46.4 Å². The van der Waals surface area contributed by atoms with Crippen molar-refractivity contribution in [2.24, 2.45) is 0 Å². The van der Waals surface area contributed by atoms with Gasteiger partial charge >= 0.3 is 5.97 Å². The van der Waals surface area contributed by atoms with Crippen LogP contribution in [0.15, 0.2) is 48.7 Å². The van der Waals surface area contributed by atoms with Crippen molar-refractivity contribution in [3.8, 4) is 5.75 Å². The molecular formula is C21H21ClN2O4. The summed E-state index contributed by atoms with van der Waals surface area (Å²) in [6.07, 6.45) is 1.46. The number of ketones is 1. The molecular weight excluding hydrogens is 380 g/mol. The highest BCUT2D eigenvalue weighted by Crippen LogP contribution is 2.34. The Bertz CT molecular complexity index is 1020. The number of hydrogen-bond acceptors (Lipinski definition) is 6. The van der Waals surface area contributed by atoms with Crippen molar-refractivity contribution in [2.45, 2.75) is 13.8 Å². The molecule has 146 valence electrons. The second-order valence-corrected chi connectivity index (χ2v) is 5.85. The molecule has 0 amide bonds. The molecule has 2 aromatic carbocycles. The third kappa shape index (κ3) is 4.07. The predicted octanol–water partition coefficient (Wildman–Crippen LogP) is 4.79. The van der Waals surface area contributed by atoms with E-state index >= 15 is 0 Å². The van der Waals surface area contributed by atoms with E-state index in [1.165, 1.54) is 13.1 Å². The van der Waals surface area contributed by atoms with Crippen molar-refractivity contribution in [1.82, 2.24) is 4.98 Å². The number of methoxy groups -OCH3 is 1. The number of esters is 1. The second-order valence-electron chi connectivity index (χ2n) is 5.85. The number of aromatic nitrogens is 1. The zero-order valence-electron chi connectivity index (χ0n) is 15.8. The minimum atomic E-state index is -0.488. The summed E-state index contributed by atoms with van der Waals surface area (Å²) in [4.78, 5) is 28.8. The van der Waals surface area contributed by atoms with Crippen molar-refractivity contribution in [2.75, 3.05) is 19.0 Å². The Balaban J connectivity index is 0.00000280. The molecule has 0 saturated heterocycles. The lowest BCUT2D eigenvalue weighted by atomic mass is 10.1. The summed E-state index contributed by atoms with van der Waals surface area (Å²) in [5, 5.41) is 3.93. The van der Waals surface area contributed by atoms with Crippen LogP contribution in [0.2, 0.25) is 0 Å². The fourth-order valence-corrected chi connectivity index (χ4v) is 2.89. The van der Waals surface area contributed by atoms with Crippen LogP contribution >= 0.6 is 12.4 Å². The molecule has 0 aliphatic heterocycles. The minimum Gasteiger partial charge on any atom is -0.494 e. The smallest absolute Gasteiger partial charge is 0.341 e. The van der Waals surface area contributed by atoms with Gasteiger partial charge in [0, 0.05) is 22.8 Å². The molecule has 3 rings (SSSR count). The van der Waals surface area contributed by atoms with E-state index in [0.717, 1.165) is 0 Å². The Morgan fingerprint density at radius 2 is 1.82 bits per heavy atom. The summed E-state index contributed by atoms with van der Waals surface area (Å²) < 4.78 is 10.6. The van der Waals surface area contributed by atoms with Gasteiger partial charge in [-0.05, 0) is 32.0 Å². The number of benzene rings is 2. The number of halogens is 1. The first-order valence-electron chi connectivity index (χ1n) is 8.56. The Morgan fingerprint density at radius 3 is 2.50 bits per heavy atom. The summed E-state index contributed by atoms with van der Waals surface area (Å²) in [5.74, 6) is 0.0232. The number of anilines is 2. The van der Waals surface area contributed by atoms with Crippen LogP contribution in [0.3, 0.4) is 0 Å². The maximum absolute atomic E-state index is 12.5. The number of ether oxygens (including phenoxy) is 2. The van der Waals surface area contributed by atoms with Crippen molar-refractivity contribution in [1.29, 1.82) is 0 Å². The molecule has 1 aromatic heterocycles. The average molecular weight is 401 g/mol. The van der Waals surface area contributed by atoms with Gasteiger partial charge in [0.15, 0.2) is 5.78 Å². The maximum atomic E-state index is 12.5. The van der Waals surface area contributed by atoms with Gasteiger partial charge in [-0.1, -0.05) is 24.3 Å². The van der Waals surface area contributed by atoms with E-state index in [4.69, 9.17) is 9.47 Å². The third-order valence-corrected chi connectivity index (χ3v) is 4.14. The van der Waals surface area contributed by atoms with Crippen LogP contribution in [-0.2, 0) is 4.74 Å². The molecule has 0 unspecified atom stereocenters. The van der Waals surface area contributed by atoms with Crippen LogP contribution in [0.1, 0.15) is 34.6 Å². The standard InChI is InChI=1S/C21H20N2O4.ClH/c1-4-27-21(25)16-12-22-20-15(9-7-11-18(20)26-3)19(16)23-17-10-6-5-8-14(17)13(2)24;/h5-12H,4H2,1-3H3,(H,22,23);1H. The number of fused-ring (bicyclic) bond motifs is 1. The van der Waals surface area contributed by atoms with E-state index in [2.05, 4.69) is 10.3 Å². The van der Waals surface area contributed by atoms with Gasteiger partial charge in [-0.2, -0.15) is 0 Å². The summed E-state index contributed by atoms with van der Waals surface area (Å²) >= 11 is 0. The van der Waals surface area contributed by atoms with E-state index in [1.807, 2.05) is 18.2 Å². The number of nitrogens with one attached hydrogen (secondary N) is 1. The molecule has 0 fully saturated rings.